The van der Waals surface area contributed by atoms with Gasteiger partial charge in [-0.2, -0.15) is 0 Å². The number of nitrogens with one attached hydrogen (secondary N) is 2. The molecule has 9 nitrogen and oxygen atoms in total. The van der Waals surface area contributed by atoms with Gasteiger partial charge in [0.15, 0.2) is 0 Å². The average molecular weight is 458 g/mol. The number of rotatable bonds is 4. The van der Waals surface area contributed by atoms with E-state index in [1.807, 2.05) is 26.8 Å². The molecule has 1 unspecified atom stereocenters. The predicted molar refractivity (Wildman–Crippen MR) is 119 cm³/mol. The van der Waals surface area contributed by atoms with Crippen molar-refractivity contribution in [2.45, 2.75) is 89.6 Å². The van der Waals surface area contributed by atoms with Crippen molar-refractivity contribution in [1.29, 1.82) is 0 Å². The maximum absolute atomic E-state index is 12.9. The summed E-state index contributed by atoms with van der Waals surface area (Å²) in [7, 11) is 0. The van der Waals surface area contributed by atoms with Crippen molar-refractivity contribution >= 4 is 23.8 Å². The summed E-state index contributed by atoms with van der Waals surface area (Å²) in [5.41, 5.74) is 0.754. The van der Waals surface area contributed by atoms with Gasteiger partial charge in [0.1, 0.15) is 23.5 Å². The summed E-state index contributed by atoms with van der Waals surface area (Å²) in [6.07, 6.45) is 3.50. The van der Waals surface area contributed by atoms with Crippen LogP contribution in [0.2, 0.25) is 0 Å². The summed E-state index contributed by atoms with van der Waals surface area (Å²) < 4.78 is 11.6. The van der Waals surface area contributed by atoms with Crippen LogP contribution in [0.25, 0.3) is 0 Å². The van der Waals surface area contributed by atoms with Gasteiger partial charge in [0.05, 0.1) is 6.04 Å². The first-order valence-corrected chi connectivity index (χ1v) is 11.5. The molecule has 0 radical (unpaired) electrons. The Morgan fingerprint density at radius 2 is 1.88 bits per heavy atom. The molecular weight excluding hydrogens is 426 g/mol. The molecule has 0 spiro atoms. The molecule has 33 heavy (non-hydrogen) atoms. The number of hydrogen-bond donors (Lipinski definition) is 2. The molecule has 4 rings (SSSR count). The zero-order chi connectivity index (χ0) is 23.8. The highest BCUT2D eigenvalue weighted by atomic mass is 16.6. The Morgan fingerprint density at radius 3 is 2.61 bits per heavy atom. The Bertz CT molecular complexity index is 969. The molecule has 3 aliphatic rings. The molecular formula is C24H31N3O6. The molecule has 0 aromatic heterocycles. The van der Waals surface area contributed by atoms with Crippen molar-refractivity contribution in [2.24, 2.45) is 0 Å². The molecule has 1 saturated carbocycles. The van der Waals surface area contributed by atoms with E-state index in [1.54, 1.807) is 12.1 Å². The van der Waals surface area contributed by atoms with Crippen LogP contribution in [-0.4, -0.2) is 52.5 Å². The molecule has 1 aromatic carbocycles. The first-order chi connectivity index (χ1) is 15.6. The van der Waals surface area contributed by atoms with Crippen molar-refractivity contribution in [2.75, 3.05) is 0 Å². The van der Waals surface area contributed by atoms with E-state index in [1.165, 1.54) is 4.90 Å². The summed E-state index contributed by atoms with van der Waals surface area (Å²) in [4.78, 5) is 50.3. The quantitative estimate of drug-likeness (QED) is 0.672. The van der Waals surface area contributed by atoms with Crippen LogP contribution in [0, 0.1) is 0 Å². The minimum Gasteiger partial charge on any atom is -0.488 e. The monoisotopic (exact) mass is 457 g/mol. The summed E-state index contributed by atoms with van der Waals surface area (Å²) in [6, 6.07) is 4.50. The van der Waals surface area contributed by atoms with Crippen LogP contribution in [0.1, 0.15) is 75.2 Å². The second-order valence-corrected chi connectivity index (χ2v) is 9.91. The Balaban J connectivity index is 1.43. The number of amides is 4. The lowest BCUT2D eigenvalue weighted by Crippen LogP contribution is -2.52. The zero-order valence-corrected chi connectivity index (χ0v) is 19.3. The average Bonchev–Trinajstić information content (AvgIpc) is 3.04. The highest BCUT2D eigenvalue weighted by Crippen LogP contribution is 2.32. The molecule has 2 N–H and O–H groups in total. The number of ether oxygens (including phenoxy) is 2. The Kier molecular flexibility index (Phi) is 6.32. The third-order valence-electron chi connectivity index (χ3n) is 6.19. The third-order valence-corrected chi connectivity index (χ3v) is 6.19. The van der Waals surface area contributed by atoms with Gasteiger partial charge in [0.25, 0.3) is 5.91 Å². The summed E-state index contributed by atoms with van der Waals surface area (Å²) >= 11 is 0. The fourth-order valence-corrected chi connectivity index (χ4v) is 4.66. The van der Waals surface area contributed by atoms with Gasteiger partial charge in [0.2, 0.25) is 11.8 Å². The van der Waals surface area contributed by atoms with Crippen molar-refractivity contribution in [3.05, 3.63) is 29.3 Å². The van der Waals surface area contributed by atoms with Gasteiger partial charge in [-0.1, -0.05) is 6.42 Å². The molecule has 0 bridgehead atoms. The highest BCUT2D eigenvalue weighted by molar-refractivity contribution is 6.05. The van der Waals surface area contributed by atoms with E-state index < -0.39 is 23.6 Å². The lowest BCUT2D eigenvalue weighted by molar-refractivity contribution is -0.136. The lowest BCUT2D eigenvalue weighted by atomic mass is 9.92. The number of carbonyl (C=O) groups is 4. The van der Waals surface area contributed by atoms with Crippen molar-refractivity contribution in [3.8, 4) is 5.75 Å². The molecule has 4 amide bonds. The zero-order valence-electron chi connectivity index (χ0n) is 19.3. The number of hydrogen-bond acceptors (Lipinski definition) is 6. The first kappa shape index (κ1) is 23.1. The van der Waals surface area contributed by atoms with E-state index in [-0.39, 0.29) is 30.4 Å². The molecule has 1 saturated heterocycles. The summed E-state index contributed by atoms with van der Waals surface area (Å²) in [5, 5.41) is 5.26. The number of carbonyl (C=O) groups excluding carboxylic acids is 4. The largest absolute Gasteiger partial charge is 0.488 e. The topological polar surface area (TPSA) is 114 Å². The number of piperidine rings is 1. The number of fused-ring (bicyclic) bond motifs is 1. The van der Waals surface area contributed by atoms with Crippen molar-refractivity contribution < 1.29 is 28.7 Å². The van der Waals surface area contributed by atoms with Gasteiger partial charge in [-0.3, -0.25) is 19.7 Å². The van der Waals surface area contributed by atoms with Crippen LogP contribution in [0.15, 0.2) is 18.2 Å². The number of imide groups is 1. The van der Waals surface area contributed by atoms with Gasteiger partial charge >= 0.3 is 6.09 Å². The number of benzene rings is 1. The van der Waals surface area contributed by atoms with Crippen LogP contribution < -0.4 is 15.4 Å². The molecule has 9 heteroatoms. The molecule has 2 aliphatic heterocycles. The van der Waals surface area contributed by atoms with E-state index >= 15 is 0 Å². The van der Waals surface area contributed by atoms with Crippen LogP contribution in [0.3, 0.4) is 0 Å². The Hall–Kier alpha value is -3.10. The van der Waals surface area contributed by atoms with Gasteiger partial charge in [-0.25, -0.2) is 4.79 Å². The van der Waals surface area contributed by atoms with Crippen LogP contribution in [0.5, 0.6) is 5.75 Å². The van der Waals surface area contributed by atoms with Gasteiger partial charge in [-0.05, 0) is 70.2 Å². The number of alkyl carbamates (subject to hydrolysis) is 1. The van der Waals surface area contributed by atoms with Crippen molar-refractivity contribution in [3.63, 3.8) is 0 Å². The predicted octanol–water partition coefficient (Wildman–Crippen LogP) is 2.66. The van der Waals surface area contributed by atoms with Gasteiger partial charge < -0.3 is 19.7 Å². The Labute approximate surface area is 193 Å². The van der Waals surface area contributed by atoms with Crippen molar-refractivity contribution in [1.82, 2.24) is 15.5 Å². The normalized spacial score (nSPS) is 25.4. The van der Waals surface area contributed by atoms with E-state index in [2.05, 4.69) is 10.6 Å². The number of nitrogens with zero attached hydrogens (tertiary/aromatic N) is 1. The smallest absolute Gasteiger partial charge is 0.408 e. The first-order valence-electron chi connectivity index (χ1n) is 11.5. The van der Waals surface area contributed by atoms with Crippen LogP contribution in [-0.2, 0) is 20.9 Å². The second-order valence-electron chi connectivity index (χ2n) is 9.91. The highest BCUT2D eigenvalue weighted by Gasteiger charge is 2.39. The second kappa shape index (κ2) is 9.03. The molecule has 1 aromatic rings. The van der Waals surface area contributed by atoms with Gasteiger partial charge in [0, 0.05) is 18.5 Å². The fraction of sp³-hybridized carbons (Fsp3) is 0.583. The van der Waals surface area contributed by atoms with E-state index in [4.69, 9.17) is 9.47 Å². The summed E-state index contributed by atoms with van der Waals surface area (Å²) in [6.45, 7) is 5.77. The van der Waals surface area contributed by atoms with E-state index in [0.717, 1.165) is 31.2 Å². The van der Waals surface area contributed by atoms with Crippen LogP contribution in [0.4, 0.5) is 4.79 Å². The van der Waals surface area contributed by atoms with E-state index in [9.17, 15) is 19.2 Å². The Morgan fingerprint density at radius 1 is 1.12 bits per heavy atom. The molecule has 178 valence electrons. The summed E-state index contributed by atoms with van der Waals surface area (Å²) in [5.74, 6) is -0.331. The van der Waals surface area contributed by atoms with E-state index in [0.29, 0.717) is 24.3 Å². The standard InChI is InChI=1S/C24H31N3O6/c1-24(2,3)33-23(31)25-17-6-4-5-7-19(17)32-15-8-9-16-14(12-15)13-27(22(16)30)18-10-11-20(28)26-21(18)29/h8-9,12,17-19H,4-7,10-11,13H2,1-3H3,(H,25,31)(H,26,28,29)/t17-,18?,19+/m1/s1. The van der Waals surface area contributed by atoms with Gasteiger partial charge in [-0.15, -0.1) is 0 Å². The maximum atomic E-state index is 12.9. The molecule has 2 heterocycles. The fourth-order valence-electron chi connectivity index (χ4n) is 4.66. The SMILES string of the molecule is CC(C)(C)OC(=O)N[C@@H]1CCCC[C@@H]1Oc1ccc2c(c1)CN(C1CCC(=O)NC1=O)C2=O. The third kappa shape index (κ3) is 5.29. The van der Waals surface area contributed by atoms with Crippen LogP contribution >= 0.6 is 0 Å². The molecule has 2 fully saturated rings. The maximum Gasteiger partial charge on any atom is 0.408 e. The molecule has 3 atom stereocenters. The molecule has 1 aliphatic carbocycles. The lowest BCUT2D eigenvalue weighted by Gasteiger charge is -2.33. The minimum absolute atomic E-state index is 0.163. The minimum atomic E-state index is -0.646.